The van der Waals surface area contributed by atoms with Gasteiger partial charge in [-0.1, -0.05) is 30.3 Å². The average Bonchev–Trinajstić information content (AvgIpc) is 2.80. The van der Waals surface area contributed by atoms with E-state index in [0.717, 1.165) is 0 Å². The fourth-order valence-electron chi connectivity index (χ4n) is 3.47. The van der Waals surface area contributed by atoms with Crippen molar-refractivity contribution in [1.82, 2.24) is 4.57 Å². The van der Waals surface area contributed by atoms with Gasteiger partial charge < -0.3 is 19.4 Å². The molecule has 31 heavy (non-hydrogen) atoms. The third-order valence-electron chi connectivity index (χ3n) is 4.88. The SMILES string of the molecule is COc1cccc(NC(=O)COC(=O)Cn2c3ccccc3c(=O)c3ccccc32)c1. The number of anilines is 1. The Morgan fingerprint density at radius 3 is 2.19 bits per heavy atom. The van der Waals surface area contributed by atoms with E-state index in [4.69, 9.17) is 9.47 Å². The Balaban J connectivity index is 1.51. The Morgan fingerprint density at radius 2 is 1.55 bits per heavy atom. The van der Waals surface area contributed by atoms with Crippen LogP contribution in [0.4, 0.5) is 5.69 Å². The van der Waals surface area contributed by atoms with E-state index in [1.807, 2.05) is 0 Å². The third-order valence-corrected chi connectivity index (χ3v) is 4.88. The minimum Gasteiger partial charge on any atom is -0.497 e. The van der Waals surface area contributed by atoms with E-state index >= 15 is 0 Å². The van der Waals surface area contributed by atoms with Crippen molar-refractivity contribution < 1.29 is 19.1 Å². The van der Waals surface area contributed by atoms with E-state index in [0.29, 0.717) is 33.2 Å². The van der Waals surface area contributed by atoms with Gasteiger partial charge in [0.1, 0.15) is 12.3 Å². The molecule has 1 N–H and O–H groups in total. The highest BCUT2D eigenvalue weighted by Crippen LogP contribution is 2.19. The number of rotatable bonds is 6. The summed E-state index contributed by atoms with van der Waals surface area (Å²) in [4.78, 5) is 37.5. The van der Waals surface area contributed by atoms with Gasteiger partial charge in [0.2, 0.25) is 0 Å². The summed E-state index contributed by atoms with van der Waals surface area (Å²) in [5.41, 5.74) is 1.71. The van der Waals surface area contributed by atoms with E-state index in [-0.39, 0.29) is 12.0 Å². The second-order valence-electron chi connectivity index (χ2n) is 6.89. The number of nitrogens with one attached hydrogen (secondary N) is 1. The molecule has 0 unspecified atom stereocenters. The molecule has 3 aromatic carbocycles. The predicted octanol–water partition coefficient (Wildman–Crippen LogP) is 3.35. The third kappa shape index (κ3) is 4.25. The fourth-order valence-corrected chi connectivity index (χ4v) is 3.47. The molecule has 0 saturated heterocycles. The number of hydrogen-bond donors (Lipinski definition) is 1. The quantitative estimate of drug-likeness (QED) is 0.385. The first-order chi connectivity index (χ1) is 15.1. The van der Waals surface area contributed by atoms with Crippen LogP contribution in [-0.2, 0) is 20.9 Å². The zero-order valence-electron chi connectivity index (χ0n) is 16.8. The van der Waals surface area contributed by atoms with Crippen LogP contribution < -0.4 is 15.5 Å². The Morgan fingerprint density at radius 1 is 0.903 bits per heavy atom. The van der Waals surface area contributed by atoms with Crippen molar-refractivity contribution in [3.05, 3.63) is 83.0 Å². The highest BCUT2D eigenvalue weighted by molar-refractivity contribution is 5.95. The lowest BCUT2D eigenvalue weighted by molar-refractivity contribution is -0.147. The molecule has 1 aromatic heterocycles. The van der Waals surface area contributed by atoms with E-state index in [2.05, 4.69) is 5.32 Å². The molecule has 4 aromatic rings. The van der Waals surface area contributed by atoms with Crippen LogP contribution >= 0.6 is 0 Å². The molecule has 0 aliphatic heterocycles. The molecule has 4 rings (SSSR count). The lowest BCUT2D eigenvalue weighted by Gasteiger charge is -2.14. The summed E-state index contributed by atoms with van der Waals surface area (Å²) in [6, 6.07) is 21.1. The molecule has 0 bridgehead atoms. The van der Waals surface area contributed by atoms with Crippen LogP contribution in [0.25, 0.3) is 21.8 Å². The second kappa shape index (κ2) is 8.71. The number of benzene rings is 3. The van der Waals surface area contributed by atoms with Crippen LogP contribution in [0.1, 0.15) is 0 Å². The van der Waals surface area contributed by atoms with Gasteiger partial charge in [-0.15, -0.1) is 0 Å². The number of ether oxygens (including phenoxy) is 2. The van der Waals surface area contributed by atoms with Gasteiger partial charge >= 0.3 is 5.97 Å². The van der Waals surface area contributed by atoms with Crippen LogP contribution in [-0.4, -0.2) is 30.2 Å². The highest BCUT2D eigenvalue weighted by atomic mass is 16.5. The van der Waals surface area contributed by atoms with E-state index < -0.39 is 18.5 Å². The molecule has 0 fully saturated rings. The molecule has 156 valence electrons. The molecule has 7 nitrogen and oxygen atoms in total. The normalized spacial score (nSPS) is 10.7. The van der Waals surface area contributed by atoms with Gasteiger partial charge in [-0.2, -0.15) is 0 Å². The van der Waals surface area contributed by atoms with Gasteiger partial charge in [0.25, 0.3) is 5.91 Å². The number of esters is 1. The Bertz CT molecular complexity index is 1280. The first-order valence-corrected chi connectivity index (χ1v) is 9.66. The summed E-state index contributed by atoms with van der Waals surface area (Å²) in [6.45, 7) is -0.556. The first kappa shape index (κ1) is 20.2. The standard InChI is InChI=1S/C24H20N2O5/c1-30-17-8-6-7-16(13-17)25-22(27)15-31-23(28)14-26-20-11-4-2-9-18(20)24(29)19-10-3-5-12-21(19)26/h2-13H,14-15H2,1H3,(H,25,27). The molecule has 0 atom stereocenters. The van der Waals surface area contributed by atoms with Crippen LogP contribution in [0.3, 0.4) is 0 Å². The van der Waals surface area contributed by atoms with Crippen molar-refractivity contribution in [2.24, 2.45) is 0 Å². The molecular formula is C24H20N2O5. The summed E-state index contributed by atoms with van der Waals surface area (Å²) in [5, 5.41) is 3.69. The number of hydrogen-bond acceptors (Lipinski definition) is 5. The molecule has 0 aliphatic carbocycles. The van der Waals surface area contributed by atoms with Crippen molar-refractivity contribution in [2.75, 3.05) is 19.0 Å². The zero-order chi connectivity index (χ0) is 21.8. The van der Waals surface area contributed by atoms with Gasteiger partial charge in [-0.05, 0) is 36.4 Å². The van der Waals surface area contributed by atoms with Crippen LogP contribution in [0.15, 0.2) is 77.6 Å². The largest absolute Gasteiger partial charge is 0.497 e. The fraction of sp³-hybridized carbons (Fsp3) is 0.125. The van der Waals surface area contributed by atoms with Crippen molar-refractivity contribution in [3.8, 4) is 5.75 Å². The number of carbonyl (C=O) groups is 2. The second-order valence-corrected chi connectivity index (χ2v) is 6.89. The number of carbonyl (C=O) groups excluding carboxylic acids is 2. The number of pyridine rings is 1. The summed E-state index contributed by atoms with van der Waals surface area (Å²) in [7, 11) is 1.53. The number of para-hydroxylation sites is 2. The topological polar surface area (TPSA) is 86.6 Å². The summed E-state index contributed by atoms with van der Waals surface area (Å²) >= 11 is 0. The lowest BCUT2D eigenvalue weighted by Crippen LogP contribution is -2.24. The summed E-state index contributed by atoms with van der Waals surface area (Å²) < 4.78 is 12.0. The van der Waals surface area contributed by atoms with Crippen molar-refractivity contribution in [1.29, 1.82) is 0 Å². The zero-order valence-corrected chi connectivity index (χ0v) is 16.8. The smallest absolute Gasteiger partial charge is 0.326 e. The minimum absolute atomic E-state index is 0.0894. The lowest BCUT2D eigenvalue weighted by atomic mass is 10.1. The van der Waals surface area contributed by atoms with Crippen LogP contribution in [0, 0.1) is 0 Å². The molecule has 1 amide bonds. The van der Waals surface area contributed by atoms with Gasteiger partial charge in [0, 0.05) is 22.5 Å². The maximum Gasteiger partial charge on any atom is 0.326 e. The number of methoxy groups -OCH3 is 1. The minimum atomic E-state index is -0.584. The average molecular weight is 416 g/mol. The molecule has 0 aliphatic rings. The Kier molecular flexibility index (Phi) is 5.66. The predicted molar refractivity (Wildman–Crippen MR) is 118 cm³/mol. The van der Waals surface area contributed by atoms with E-state index in [9.17, 15) is 14.4 Å². The highest BCUT2D eigenvalue weighted by Gasteiger charge is 2.14. The van der Waals surface area contributed by atoms with Crippen molar-refractivity contribution in [2.45, 2.75) is 6.54 Å². The molecule has 7 heteroatoms. The number of aromatic nitrogens is 1. The summed E-state index contributed by atoms with van der Waals surface area (Å²) in [6.07, 6.45) is 0. The maximum absolute atomic E-state index is 12.8. The first-order valence-electron chi connectivity index (χ1n) is 9.66. The van der Waals surface area contributed by atoms with E-state index in [1.165, 1.54) is 7.11 Å². The maximum atomic E-state index is 12.8. The molecule has 0 radical (unpaired) electrons. The number of fused-ring (bicyclic) bond motifs is 2. The number of amides is 1. The van der Waals surface area contributed by atoms with Gasteiger partial charge in [-0.25, -0.2) is 0 Å². The Hall–Kier alpha value is -4.13. The van der Waals surface area contributed by atoms with Gasteiger partial charge in [-0.3, -0.25) is 14.4 Å². The van der Waals surface area contributed by atoms with Gasteiger partial charge in [0.15, 0.2) is 12.0 Å². The number of nitrogens with zero attached hydrogens (tertiary/aromatic N) is 1. The molecule has 1 heterocycles. The van der Waals surface area contributed by atoms with E-state index in [1.54, 1.807) is 77.4 Å². The molecule has 0 saturated carbocycles. The summed E-state index contributed by atoms with van der Waals surface area (Å²) in [5.74, 6) is -0.442. The molecule has 0 spiro atoms. The monoisotopic (exact) mass is 416 g/mol. The van der Waals surface area contributed by atoms with Crippen LogP contribution in [0.2, 0.25) is 0 Å². The van der Waals surface area contributed by atoms with Crippen LogP contribution in [0.5, 0.6) is 5.75 Å². The van der Waals surface area contributed by atoms with Crippen molar-refractivity contribution >= 4 is 39.4 Å². The Labute approximate surface area is 177 Å². The molecular weight excluding hydrogens is 396 g/mol. The van der Waals surface area contributed by atoms with Crippen molar-refractivity contribution in [3.63, 3.8) is 0 Å². The van der Waals surface area contributed by atoms with Gasteiger partial charge in [0.05, 0.1) is 18.1 Å².